The van der Waals surface area contributed by atoms with Crippen LogP contribution in [-0.4, -0.2) is 20.0 Å². The first kappa shape index (κ1) is 19.9. The van der Waals surface area contributed by atoms with Gasteiger partial charge in [0.1, 0.15) is 0 Å². The van der Waals surface area contributed by atoms with Crippen LogP contribution in [0.3, 0.4) is 0 Å². The second kappa shape index (κ2) is 6.97. The van der Waals surface area contributed by atoms with Gasteiger partial charge < -0.3 is 4.90 Å². The molecule has 1 aliphatic carbocycles. The maximum absolute atomic E-state index is 11.5. The Bertz CT molecular complexity index is 1000. The summed E-state index contributed by atoms with van der Waals surface area (Å²) >= 11 is 6.50. The molecule has 0 aromatic heterocycles. The zero-order chi connectivity index (χ0) is 20.0. The molecule has 1 heterocycles. The Labute approximate surface area is 166 Å². The molecule has 1 aromatic carbocycles. The molecule has 6 heteroatoms. The van der Waals surface area contributed by atoms with Gasteiger partial charge >= 0.3 is 0 Å². The first-order valence-corrected chi connectivity index (χ1v) is 10.7. The fourth-order valence-electron chi connectivity index (χ4n) is 3.90. The summed E-state index contributed by atoms with van der Waals surface area (Å²) in [6.07, 6.45) is 8.84. The van der Waals surface area contributed by atoms with Crippen LogP contribution < -0.4 is 4.90 Å². The Hall–Kier alpha value is -1.82. The van der Waals surface area contributed by atoms with E-state index in [9.17, 15) is 13.0 Å². The monoisotopic (exact) mass is 405 g/mol. The normalized spacial score (nSPS) is 22.5. The Kier molecular flexibility index (Phi) is 5.14. The third-order valence-electron chi connectivity index (χ3n) is 5.45. The average Bonchev–Trinajstić information content (AvgIpc) is 2.79. The van der Waals surface area contributed by atoms with E-state index in [-0.39, 0.29) is 4.90 Å². The Morgan fingerprint density at radius 3 is 2.59 bits per heavy atom. The minimum atomic E-state index is -4.24. The number of likely N-dealkylation sites (N-methyl/N-ethyl adjacent to an activating group) is 1. The molecule has 1 N–H and O–H groups in total. The summed E-state index contributed by atoms with van der Waals surface area (Å²) in [7, 11) is -2.28. The van der Waals surface area contributed by atoms with Crippen LogP contribution in [0.1, 0.15) is 38.7 Å². The Balaban J connectivity index is 2.06. The van der Waals surface area contributed by atoms with Crippen molar-refractivity contribution in [3.05, 3.63) is 70.4 Å². The third kappa shape index (κ3) is 3.51. The maximum atomic E-state index is 11.5. The fourth-order valence-corrected chi connectivity index (χ4v) is 4.73. The summed E-state index contributed by atoms with van der Waals surface area (Å²) in [4.78, 5) is 1.96. The number of fused-ring (bicyclic) bond motifs is 1. The third-order valence-corrected chi connectivity index (χ3v) is 6.78. The van der Waals surface area contributed by atoms with E-state index in [1.54, 1.807) is 12.1 Å². The van der Waals surface area contributed by atoms with E-state index in [1.165, 1.54) is 6.07 Å². The zero-order valence-electron chi connectivity index (χ0n) is 15.8. The van der Waals surface area contributed by atoms with Crippen molar-refractivity contribution in [1.82, 2.24) is 0 Å². The molecule has 1 aliphatic heterocycles. The SMILES string of the molecule is C=CC1=C(Cl)/C(=C/C=C2/N(C)c3ccc(S(=O)(=O)O)cc3C2(C)C)CCC1. The number of rotatable bonds is 3. The lowest BCUT2D eigenvalue weighted by Gasteiger charge is -2.24. The number of halogens is 1. The van der Waals surface area contributed by atoms with Crippen LogP contribution in [0.4, 0.5) is 5.69 Å². The number of hydrogen-bond acceptors (Lipinski definition) is 3. The molecule has 0 saturated heterocycles. The van der Waals surface area contributed by atoms with E-state index >= 15 is 0 Å². The Morgan fingerprint density at radius 1 is 1.26 bits per heavy atom. The first-order valence-electron chi connectivity index (χ1n) is 8.86. The number of allylic oxidation sites excluding steroid dienone is 7. The average molecular weight is 406 g/mol. The molecule has 0 fully saturated rings. The van der Waals surface area contributed by atoms with E-state index in [0.29, 0.717) is 0 Å². The molecule has 0 saturated carbocycles. The van der Waals surface area contributed by atoms with Crippen molar-refractivity contribution in [2.75, 3.05) is 11.9 Å². The lowest BCUT2D eigenvalue weighted by atomic mass is 9.83. The summed E-state index contributed by atoms with van der Waals surface area (Å²) in [5.74, 6) is 0. The van der Waals surface area contributed by atoms with Crippen molar-refractivity contribution in [2.24, 2.45) is 0 Å². The largest absolute Gasteiger partial charge is 0.347 e. The fraction of sp³-hybridized carbons (Fsp3) is 0.333. The van der Waals surface area contributed by atoms with Crippen molar-refractivity contribution in [3.8, 4) is 0 Å². The molecular weight excluding hydrogens is 382 g/mol. The Morgan fingerprint density at radius 2 is 1.96 bits per heavy atom. The van der Waals surface area contributed by atoms with Crippen LogP contribution in [0.15, 0.2) is 69.8 Å². The smallest absolute Gasteiger partial charge is 0.294 e. The highest BCUT2D eigenvalue weighted by Gasteiger charge is 2.39. The van der Waals surface area contributed by atoms with Crippen LogP contribution >= 0.6 is 11.6 Å². The van der Waals surface area contributed by atoms with Crippen LogP contribution in [0.5, 0.6) is 0 Å². The van der Waals surface area contributed by atoms with E-state index in [2.05, 4.69) is 17.6 Å². The van der Waals surface area contributed by atoms with Gasteiger partial charge in [-0.05, 0) is 60.2 Å². The number of anilines is 1. The summed E-state index contributed by atoms with van der Waals surface area (Å²) in [5, 5.41) is 0.776. The predicted octanol–water partition coefficient (Wildman–Crippen LogP) is 5.33. The van der Waals surface area contributed by atoms with Gasteiger partial charge in [-0.2, -0.15) is 8.42 Å². The van der Waals surface area contributed by atoms with Gasteiger partial charge in [0.25, 0.3) is 10.1 Å². The maximum Gasteiger partial charge on any atom is 0.294 e. The van der Waals surface area contributed by atoms with Gasteiger partial charge in [-0.15, -0.1) is 0 Å². The quantitative estimate of drug-likeness (QED) is 0.690. The lowest BCUT2D eigenvalue weighted by molar-refractivity contribution is 0.483. The molecule has 0 amide bonds. The van der Waals surface area contributed by atoms with Gasteiger partial charge in [0.2, 0.25) is 0 Å². The van der Waals surface area contributed by atoms with Crippen LogP contribution in [-0.2, 0) is 15.5 Å². The highest BCUT2D eigenvalue weighted by atomic mass is 35.5. The molecule has 0 bridgehead atoms. The van der Waals surface area contributed by atoms with E-state index in [0.717, 1.165) is 52.4 Å². The molecule has 27 heavy (non-hydrogen) atoms. The molecular formula is C21H24ClNO3S. The van der Waals surface area contributed by atoms with Gasteiger partial charge in [-0.1, -0.05) is 44.2 Å². The molecule has 144 valence electrons. The highest BCUT2D eigenvalue weighted by molar-refractivity contribution is 7.85. The molecule has 1 aromatic rings. The number of benzene rings is 1. The van der Waals surface area contributed by atoms with Crippen LogP contribution in [0.25, 0.3) is 0 Å². The number of hydrogen-bond donors (Lipinski definition) is 1. The first-order chi connectivity index (χ1) is 12.6. The standard InChI is InChI=1S/C21H24ClNO3S/c1-5-14-7-6-8-15(20(14)22)9-12-19-21(2,3)17-13-16(27(24,25)26)10-11-18(17)23(19)4/h5,9-13H,1,6-8H2,2-4H3,(H,24,25,26)/b15-9+,19-12+. The van der Waals surface area contributed by atoms with Gasteiger partial charge in [0.15, 0.2) is 0 Å². The van der Waals surface area contributed by atoms with Crippen molar-refractivity contribution < 1.29 is 13.0 Å². The second-order valence-corrected chi connectivity index (χ2v) is 9.28. The minimum Gasteiger partial charge on any atom is -0.347 e. The topological polar surface area (TPSA) is 57.6 Å². The van der Waals surface area contributed by atoms with Gasteiger partial charge in [-0.3, -0.25) is 4.55 Å². The van der Waals surface area contributed by atoms with Crippen molar-refractivity contribution in [3.63, 3.8) is 0 Å². The van der Waals surface area contributed by atoms with Gasteiger partial charge in [0, 0.05) is 28.9 Å². The predicted molar refractivity (Wildman–Crippen MR) is 111 cm³/mol. The van der Waals surface area contributed by atoms with Crippen molar-refractivity contribution >= 4 is 27.4 Å². The second-order valence-electron chi connectivity index (χ2n) is 7.48. The summed E-state index contributed by atoms with van der Waals surface area (Å²) < 4.78 is 32.4. The van der Waals surface area contributed by atoms with E-state index in [4.69, 9.17) is 11.6 Å². The lowest BCUT2D eigenvalue weighted by Crippen LogP contribution is -2.22. The van der Waals surface area contributed by atoms with E-state index in [1.807, 2.05) is 33.0 Å². The van der Waals surface area contributed by atoms with Crippen molar-refractivity contribution in [2.45, 2.75) is 43.4 Å². The highest BCUT2D eigenvalue weighted by Crippen LogP contribution is 2.47. The van der Waals surface area contributed by atoms with Crippen LogP contribution in [0, 0.1) is 0 Å². The molecule has 0 unspecified atom stereocenters. The number of nitrogens with zero attached hydrogens (tertiary/aromatic N) is 1. The van der Waals surface area contributed by atoms with E-state index < -0.39 is 15.5 Å². The van der Waals surface area contributed by atoms with Crippen molar-refractivity contribution in [1.29, 1.82) is 0 Å². The minimum absolute atomic E-state index is 0.0868. The molecule has 4 nitrogen and oxygen atoms in total. The molecule has 0 radical (unpaired) electrons. The zero-order valence-corrected chi connectivity index (χ0v) is 17.4. The van der Waals surface area contributed by atoms with Crippen LogP contribution in [0.2, 0.25) is 0 Å². The summed E-state index contributed by atoms with van der Waals surface area (Å²) in [6, 6.07) is 4.72. The van der Waals surface area contributed by atoms with Gasteiger partial charge in [-0.25, -0.2) is 0 Å². The summed E-state index contributed by atoms with van der Waals surface area (Å²) in [5.41, 5.74) is 4.58. The summed E-state index contributed by atoms with van der Waals surface area (Å²) in [6.45, 7) is 7.92. The molecule has 2 aliphatic rings. The molecule has 0 spiro atoms. The molecule has 3 rings (SSSR count). The van der Waals surface area contributed by atoms with Gasteiger partial charge in [0.05, 0.1) is 4.90 Å². The molecule has 0 atom stereocenters.